The summed E-state index contributed by atoms with van der Waals surface area (Å²) in [5.41, 5.74) is 0. The van der Waals surface area contributed by atoms with Crippen LogP contribution in [0.3, 0.4) is 0 Å². The van der Waals surface area contributed by atoms with Crippen LogP contribution >= 0.6 is 22.9 Å². The van der Waals surface area contributed by atoms with Gasteiger partial charge in [-0.05, 0) is 13.0 Å². The Bertz CT molecular complexity index is 439. The van der Waals surface area contributed by atoms with Gasteiger partial charge >= 0.3 is 0 Å². The van der Waals surface area contributed by atoms with Gasteiger partial charge < -0.3 is 0 Å². The van der Waals surface area contributed by atoms with E-state index in [0.29, 0.717) is 17.3 Å². The number of nitrogens with zero attached hydrogens (tertiary/aromatic N) is 1. The fourth-order valence-corrected chi connectivity index (χ4v) is 4.05. The van der Waals surface area contributed by atoms with E-state index in [9.17, 15) is 8.42 Å². The summed E-state index contributed by atoms with van der Waals surface area (Å²) in [4.78, 5) is 2.07. The zero-order chi connectivity index (χ0) is 11.6. The van der Waals surface area contributed by atoms with Gasteiger partial charge in [-0.3, -0.25) is 0 Å². The van der Waals surface area contributed by atoms with E-state index < -0.39 is 10.0 Å². The Hall–Kier alpha value is -0.100. The van der Waals surface area contributed by atoms with Crippen molar-refractivity contribution in [1.82, 2.24) is 4.31 Å². The Labute approximate surface area is 99.7 Å². The largest absolute Gasteiger partial charge is 0.243 e. The lowest BCUT2D eigenvalue weighted by Crippen LogP contribution is -2.26. The van der Waals surface area contributed by atoms with E-state index in [1.807, 2.05) is 6.92 Å². The summed E-state index contributed by atoms with van der Waals surface area (Å²) in [5, 5.41) is 0. The number of alkyl halides is 1. The highest BCUT2D eigenvalue weighted by Gasteiger charge is 2.23. The molecule has 0 aliphatic carbocycles. The standard InChI is InChI=1S/C9H14ClNO2S2/c1-4-11(3)15(12,13)9-5-8(6-10)14-7(9)2/h5H,4,6H2,1-3H3. The van der Waals surface area contributed by atoms with E-state index in [2.05, 4.69) is 0 Å². The number of sulfonamides is 1. The Morgan fingerprint density at radius 2 is 2.13 bits per heavy atom. The Morgan fingerprint density at radius 1 is 1.53 bits per heavy atom. The van der Waals surface area contributed by atoms with E-state index in [-0.39, 0.29) is 0 Å². The van der Waals surface area contributed by atoms with Gasteiger partial charge in [-0.1, -0.05) is 6.92 Å². The summed E-state index contributed by atoms with van der Waals surface area (Å²) < 4.78 is 25.3. The van der Waals surface area contributed by atoms with Crippen LogP contribution in [0.2, 0.25) is 0 Å². The van der Waals surface area contributed by atoms with E-state index in [4.69, 9.17) is 11.6 Å². The third-order valence-corrected chi connectivity index (χ3v) is 5.87. The number of hydrogen-bond acceptors (Lipinski definition) is 3. The fourth-order valence-electron chi connectivity index (χ4n) is 1.18. The zero-order valence-electron chi connectivity index (χ0n) is 8.95. The second-order valence-corrected chi connectivity index (χ2v) is 6.81. The summed E-state index contributed by atoms with van der Waals surface area (Å²) in [7, 11) is -1.75. The van der Waals surface area contributed by atoms with Crippen LogP contribution in [-0.2, 0) is 15.9 Å². The van der Waals surface area contributed by atoms with Crippen molar-refractivity contribution in [2.75, 3.05) is 13.6 Å². The maximum absolute atomic E-state index is 12.0. The number of thiophene rings is 1. The minimum Gasteiger partial charge on any atom is -0.207 e. The Balaban J connectivity index is 3.21. The zero-order valence-corrected chi connectivity index (χ0v) is 11.3. The third kappa shape index (κ3) is 2.53. The van der Waals surface area contributed by atoms with Crippen molar-refractivity contribution in [2.45, 2.75) is 24.6 Å². The van der Waals surface area contributed by atoms with Gasteiger partial charge in [0.1, 0.15) is 0 Å². The molecule has 0 aliphatic heterocycles. The van der Waals surface area contributed by atoms with Crippen molar-refractivity contribution >= 4 is 33.0 Å². The molecular weight excluding hydrogens is 254 g/mol. The molecule has 0 fully saturated rings. The monoisotopic (exact) mass is 267 g/mol. The predicted octanol–water partition coefficient (Wildman–Crippen LogP) is 2.44. The number of rotatable bonds is 4. The van der Waals surface area contributed by atoms with Gasteiger partial charge in [0, 0.05) is 23.3 Å². The van der Waals surface area contributed by atoms with Crippen molar-refractivity contribution in [1.29, 1.82) is 0 Å². The molecule has 0 aliphatic rings. The molecule has 0 N–H and O–H groups in total. The van der Waals surface area contributed by atoms with Crippen molar-refractivity contribution in [3.05, 3.63) is 15.8 Å². The topological polar surface area (TPSA) is 37.4 Å². The molecule has 1 aromatic heterocycles. The SMILES string of the molecule is CCN(C)S(=O)(=O)c1cc(CCl)sc1C. The predicted molar refractivity (Wildman–Crippen MR) is 64.1 cm³/mol. The minimum absolute atomic E-state index is 0.358. The maximum Gasteiger partial charge on any atom is 0.243 e. The van der Waals surface area contributed by atoms with Crippen LogP contribution in [-0.4, -0.2) is 26.3 Å². The number of hydrogen-bond donors (Lipinski definition) is 0. The van der Waals surface area contributed by atoms with Crippen molar-refractivity contribution < 1.29 is 8.42 Å². The lowest BCUT2D eigenvalue weighted by atomic mass is 10.4. The van der Waals surface area contributed by atoms with Gasteiger partial charge in [-0.15, -0.1) is 22.9 Å². The molecule has 1 rings (SSSR count). The van der Waals surface area contributed by atoms with Gasteiger partial charge in [-0.2, -0.15) is 0 Å². The van der Waals surface area contributed by atoms with E-state index in [0.717, 1.165) is 9.75 Å². The highest BCUT2D eigenvalue weighted by Crippen LogP contribution is 2.28. The first-order valence-electron chi connectivity index (χ1n) is 4.55. The molecule has 1 aromatic rings. The molecule has 0 bridgehead atoms. The first-order chi connectivity index (χ1) is 6.93. The first kappa shape index (κ1) is 13.0. The van der Waals surface area contributed by atoms with Crippen LogP contribution in [0.15, 0.2) is 11.0 Å². The molecule has 0 unspecified atom stereocenters. The van der Waals surface area contributed by atoms with Gasteiger partial charge in [0.2, 0.25) is 10.0 Å². The van der Waals surface area contributed by atoms with Gasteiger partial charge in [0.25, 0.3) is 0 Å². The molecule has 0 saturated heterocycles. The second-order valence-electron chi connectivity index (χ2n) is 3.19. The molecule has 0 saturated carbocycles. The molecule has 3 nitrogen and oxygen atoms in total. The average Bonchev–Trinajstić information content (AvgIpc) is 2.58. The second kappa shape index (κ2) is 4.82. The normalized spacial score (nSPS) is 12.3. The van der Waals surface area contributed by atoms with Crippen LogP contribution in [0.4, 0.5) is 0 Å². The maximum atomic E-state index is 12.0. The molecule has 1 heterocycles. The van der Waals surface area contributed by atoms with Gasteiger partial charge in [0.15, 0.2) is 0 Å². The number of aryl methyl sites for hydroxylation is 1. The first-order valence-corrected chi connectivity index (χ1v) is 7.34. The molecule has 0 aromatic carbocycles. The van der Waals surface area contributed by atoms with Crippen LogP contribution in [0, 0.1) is 6.92 Å². The Morgan fingerprint density at radius 3 is 2.53 bits per heavy atom. The summed E-state index contributed by atoms with van der Waals surface area (Å²) in [6, 6.07) is 1.66. The smallest absolute Gasteiger partial charge is 0.207 e. The quantitative estimate of drug-likeness (QED) is 0.786. The summed E-state index contributed by atoms with van der Waals surface area (Å²) in [5.74, 6) is 0.358. The van der Waals surface area contributed by atoms with Crippen LogP contribution in [0.5, 0.6) is 0 Å². The average molecular weight is 268 g/mol. The fraction of sp³-hybridized carbons (Fsp3) is 0.556. The van der Waals surface area contributed by atoms with Crippen molar-refractivity contribution in [3.63, 3.8) is 0 Å². The van der Waals surface area contributed by atoms with Crippen molar-refractivity contribution in [2.24, 2.45) is 0 Å². The van der Waals surface area contributed by atoms with Crippen LogP contribution < -0.4 is 0 Å². The van der Waals surface area contributed by atoms with Gasteiger partial charge in [-0.25, -0.2) is 12.7 Å². The lowest BCUT2D eigenvalue weighted by molar-refractivity contribution is 0.486. The van der Waals surface area contributed by atoms with Crippen LogP contribution in [0.1, 0.15) is 16.7 Å². The minimum atomic E-state index is -3.32. The summed E-state index contributed by atoms with van der Waals surface area (Å²) in [6.07, 6.45) is 0. The van der Waals surface area contributed by atoms with Crippen LogP contribution in [0.25, 0.3) is 0 Å². The Kier molecular flexibility index (Phi) is 4.17. The molecular formula is C9H14ClNO2S2. The molecule has 86 valence electrons. The molecule has 15 heavy (non-hydrogen) atoms. The molecule has 0 spiro atoms. The lowest BCUT2D eigenvalue weighted by Gasteiger charge is -2.14. The van der Waals surface area contributed by atoms with E-state index in [1.165, 1.54) is 15.6 Å². The number of halogens is 1. The molecule has 0 amide bonds. The van der Waals surface area contributed by atoms with Crippen molar-refractivity contribution in [3.8, 4) is 0 Å². The molecule has 0 radical (unpaired) electrons. The highest BCUT2D eigenvalue weighted by molar-refractivity contribution is 7.89. The molecule has 6 heteroatoms. The van der Waals surface area contributed by atoms with Gasteiger partial charge in [0.05, 0.1) is 10.8 Å². The third-order valence-electron chi connectivity index (χ3n) is 2.19. The summed E-state index contributed by atoms with van der Waals surface area (Å²) in [6.45, 7) is 4.08. The van der Waals surface area contributed by atoms with E-state index >= 15 is 0 Å². The molecule has 0 atom stereocenters. The highest BCUT2D eigenvalue weighted by atomic mass is 35.5. The van der Waals surface area contributed by atoms with E-state index in [1.54, 1.807) is 20.0 Å². The summed E-state index contributed by atoms with van der Waals surface area (Å²) >= 11 is 7.11.